The Bertz CT molecular complexity index is 954. The quantitative estimate of drug-likeness (QED) is 0.399. The van der Waals surface area contributed by atoms with Gasteiger partial charge in [0.05, 0.1) is 37.6 Å². The van der Waals surface area contributed by atoms with Gasteiger partial charge in [0.15, 0.2) is 5.11 Å². The van der Waals surface area contributed by atoms with Gasteiger partial charge < -0.3 is 24.8 Å². The number of carbonyl (C=O) groups excluding carboxylic acids is 3. The molecule has 29 heavy (non-hydrogen) atoms. The normalized spacial score (nSPS) is 10.1. The minimum absolute atomic E-state index is 0.115. The Labute approximate surface area is 177 Å². The number of anilines is 2. The summed E-state index contributed by atoms with van der Waals surface area (Å²) in [6, 6.07) is 6.71. The molecular weight excluding hydrogens is 416 g/mol. The van der Waals surface area contributed by atoms with Crippen LogP contribution in [0.4, 0.5) is 10.7 Å². The van der Waals surface area contributed by atoms with Crippen molar-refractivity contribution >= 4 is 57.3 Å². The van der Waals surface area contributed by atoms with Gasteiger partial charge in [-0.25, -0.2) is 14.4 Å². The lowest BCUT2D eigenvalue weighted by Gasteiger charge is -2.13. The summed E-state index contributed by atoms with van der Waals surface area (Å²) in [6.45, 7) is 3.57. The van der Waals surface area contributed by atoms with E-state index in [1.807, 2.05) is 0 Å². The number of hydrogen-bond acceptors (Lipinski definition) is 8. The highest BCUT2D eigenvalue weighted by Crippen LogP contribution is 2.34. The van der Waals surface area contributed by atoms with Crippen molar-refractivity contribution < 1.29 is 28.6 Å². The fourth-order valence-electron chi connectivity index (χ4n) is 2.47. The molecule has 1 aromatic heterocycles. The van der Waals surface area contributed by atoms with Crippen LogP contribution in [0.5, 0.6) is 0 Å². The maximum Gasteiger partial charge on any atom is 0.348 e. The van der Waals surface area contributed by atoms with E-state index in [2.05, 4.69) is 10.6 Å². The highest BCUT2D eigenvalue weighted by Gasteiger charge is 2.26. The van der Waals surface area contributed by atoms with E-state index in [-0.39, 0.29) is 22.2 Å². The zero-order valence-electron chi connectivity index (χ0n) is 16.3. The highest BCUT2D eigenvalue weighted by molar-refractivity contribution is 7.80. The van der Waals surface area contributed by atoms with Gasteiger partial charge in [-0.05, 0) is 43.8 Å². The van der Waals surface area contributed by atoms with Crippen LogP contribution in [0.3, 0.4) is 0 Å². The van der Waals surface area contributed by atoms with E-state index in [9.17, 15) is 14.4 Å². The van der Waals surface area contributed by atoms with Crippen molar-refractivity contribution in [1.82, 2.24) is 0 Å². The van der Waals surface area contributed by atoms with Crippen molar-refractivity contribution in [3.8, 4) is 0 Å². The zero-order chi connectivity index (χ0) is 21.6. The average molecular weight is 437 g/mol. The lowest BCUT2D eigenvalue weighted by molar-refractivity contribution is 0.0525. The van der Waals surface area contributed by atoms with Crippen molar-refractivity contribution in [2.45, 2.75) is 13.8 Å². The second-order valence-electron chi connectivity index (χ2n) is 5.59. The predicted molar refractivity (Wildman–Crippen MR) is 114 cm³/mol. The maximum atomic E-state index is 12.2. The molecule has 0 radical (unpaired) electrons. The molecule has 2 aromatic rings. The SMILES string of the molecule is CCOC(=O)c1ccccc1NC(=S)Nc1sc(C(=O)OC)c(C)c1C(=O)OC. The molecule has 0 amide bonds. The van der Waals surface area contributed by atoms with Gasteiger partial charge in [-0.15, -0.1) is 11.3 Å². The van der Waals surface area contributed by atoms with Crippen LogP contribution in [0, 0.1) is 6.92 Å². The average Bonchev–Trinajstić information content (AvgIpc) is 3.03. The van der Waals surface area contributed by atoms with Crippen molar-refractivity contribution in [1.29, 1.82) is 0 Å². The Morgan fingerprint density at radius 3 is 2.31 bits per heavy atom. The van der Waals surface area contributed by atoms with Crippen molar-refractivity contribution in [2.75, 3.05) is 31.5 Å². The highest BCUT2D eigenvalue weighted by atomic mass is 32.1. The Kier molecular flexibility index (Phi) is 7.68. The van der Waals surface area contributed by atoms with E-state index in [0.29, 0.717) is 21.8 Å². The van der Waals surface area contributed by atoms with E-state index in [0.717, 1.165) is 11.3 Å². The monoisotopic (exact) mass is 436 g/mol. The lowest BCUT2D eigenvalue weighted by Crippen LogP contribution is -2.22. The smallest absolute Gasteiger partial charge is 0.348 e. The van der Waals surface area contributed by atoms with Gasteiger partial charge in [-0.2, -0.15) is 0 Å². The number of nitrogens with one attached hydrogen (secondary N) is 2. The van der Waals surface area contributed by atoms with E-state index in [1.165, 1.54) is 14.2 Å². The first-order valence-electron chi connectivity index (χ1n) is 8.48. The number of benzene rings is 1. The Hall–Kier alpha value is -2.98. The number of thiocarbonyl (C=S) groups is 1. The van der Waals surface area contributed by atoms with Gasteiger partial charge in [0, 0.05) is 0 Å². The molecule has 0 aliphatic carbocycles. The number of para-hydroxylation sites is 1. The number of hydrogen-bond donors (Lipinski definition) is 2. The first-order chi connectivity index (χ1) is 13.8. The van der Waals surface area contributed by atoms with E-state index in [1.54, 1.807) is 38.1 Å². The van der Waals surface area contributed by atoms with Crippen molar-refractivity contribution in [2.24, 2.45) is 0 Å². The lowest BCUT2D eigenvalue weighted by atomic mass is 10.1. The van der Waals surface area contributed by atoms with Crippen LogP contribution in [0.15, 0.2) is 24.3 Å². The van der Waals surface area contributed by atoms with Crippen LogP contribution in [0.2, 0.25) is 0 Å². The molecule has 154 valence electrons. The largest absolute Gasteiger partial charge is 0.465 e. The van der Waals surface area contributed by atoms with Crippen LogP contribution in [-0.2, 0) is 14.2 Å². The fraction of sp³-hybridized carbons (Fsp3) is 0.263. The topological polar surface area (TPSA) is 103 Å². The first-order valence-corrected chi connectivity index (χ1v) is 9.70. The van der Waals surface area contributed by atoms with Crippen LogP contribution < -0.4 is 10.6 Å². The second kappa shape index (κ2) is 9.99. The molecule has 8 nitrogen and oxygen atoms in total. The van der Waals surface area contributed by atoms with E-state index < -0.39 is 17.9 Å². The number of rotatable bonds is 6. The molecule has 0 aliphatic rings. The van der Waals surface area contributed by atoms with Crippen LogP contribution in [0.25, 0.3) is 0 Å². The van der Waals surface area contributed by atoms with Gasteiger partial charge >= 0.3 is 17.9 Å². The van der Waals surface area contributed by atoms with Crippen LogP contribution in [0.1, 0.15) is 42.9 Å². The van der Waals surface area contributed by atoms with Gasteiger partial charge in [0.25, 0.3) is 0 Å². The van der Waals surface area contributed by atoms with Crippen LogP contribution >= 0.6 is 23.6 Å². The summed E-state index contributed by atoms with van der Waals surface area (Å²) in [5.74, 6) is -1.68. The molecule has 0 bridgehead atoms. The van der Waals surface area contributed by atoms with Crippen molar-refractivity contribution in [3.05, 3.63) is 45.8 Å². The molecule has 1 heterocycles. The van der Waals surface area contributed by atoms with E-state index >= 15 is 0 Å². The van der Waals surface area contributed by atoms with E-state index in [4.69, 9.17) is 26.4 Å². The molecule has 0 aliphatic heterocycles. The van der Waals surface area contributed by atoms with Crippen LogP contribution in [-0.4, -0.2) is 43.8 Å². The second-order valence-corrected chi connectivity index (χ2v) is 7.02. The Balaban J connectivity index is 2.31. The molecule has 0 spiro atoms. The molecule has 1 aromatic carbocycles. The molecule has 0 unspecified atom stereocenters. The number of esters is 3. The van der Waals surface area contributed by atoms with Gasteiger partial charge in [-0.3, -0.25) is 0 Å². The number of ether oxygens (including phenoxy) is 3. The zero-order valence-corrected chi connectivity index (χ0v) is 17.9. The fourth-order valence-corrected chi connectivity index (χ4v) is 3.87. The Morgan fingerprint density at radius 2 is 1.69 bits per heavy atom. The number of thiophene rings is 1. The molecule has 0 fully saturated rings. The standard InChI is InChI=1S/C19H20N2O6S2/c1-5-27-16(22)11-8-6-7-9-12(11)20-19(28)21-15-13(17(23)25-3)10(2)14(29-15)18(24)26-4/h6-9H,5H2,1-4H3,(H2,20,21,28). The minimum atomic E-state index is -0.619. The molecule has 2 N–H and O–H groups in total. The van der Waals surface area contributed by atoms with Crippen molar-refractivity contribution in [3.63, 3.8) is 0 Å². The predicted octanol–water partition coefficient (Wildman–Crippen LogP) is 3.62. The summed E-state index contributed by atoms with van der Waals surface area (Å²) < 4.78 is 14.6. The first kappa shape index (κ1) is 22.3. The summed E-state index contributed by atoms with van der Waals surface area (Å²) in [6.07, 6.45) is 0. The number of carbonyl (C=O) groups is 3. The molecule has 10 heteroatoms. The minimum Gasteiger partial charge on any atom is -0.465 e. The summed E-state index contributed by atoms with van der Waals surface area (Å²) in [5, 5.41) is 6.24. The van der Waals surface area contributed by atoms with Gasteiger partial charge in [0.2, 0.25) is 0 Å². The Morgan fingerprint density at radius 1 is 1.03 bits per heavy atom. The third kappa shape index (κ3) is 5.09. The maximum absolute atomic E-state index is 12.2. The summed E-state index contributed by atoms with van der Waals surface area (Å²) in [5.41, 5.74) is 1.35. The molecular formula is C19H20N2O6S2. The number of methoxy groups -OCH3 is 2. The molecule has 2 rings (SSSR count). The third-order valence-electron chi connectivity index (χ3n) is 3.80. The van der Waals surface area contributed by atoms with Gasteiger partial charge in [-0.1, -0.05) is 12.1 Å². The molecule has 0 saturated carbocycles. The molecule has 0 saturated heterocycles. The molecule has 0 atom stereocenters. The van der Waals surface area contributed by atoms with Gasteiger partial charge in [0.1, 0.15) is 9.88 Å². The summed E-state index contributed by atoms with van der Waals surface area (Å²) >= 11 is 6.34. The third-order valence-corrected chi connectivity index (χ3v) is 5.20. The summed E-state index contributed by atoms with van der Waals surface area (Å²) in [4.78, 5) is 36.5. The summed E-state index contributed by atoms with van der Waals surface area (Å²) in [7, 11) is 2.50.